The molecule has 4 bridgehead atoms. The van der Waals surface area contributed by atoms with Gasteiger partial charge in [0.15, 0.2) is 0 Å². The highest BCUT2D eigenvalue weighted by Crippen LogP contribution is 2.52. The van der Waals surface area contributed by atoms with Crippen LogP contribution in [-0.4, -0.2) is 0 Å². The Balaban J connectivity index is 0. The lowest BCUT2D eigenvalue weighted by Crippen LogP contribution is -2.41. The lowest BCUT2D eigenvalue weighted by atomic mass is 9.56. The second kappa shape index (κ2) is 45.4. The van der Waals surface area contributed by atoms with Crippen LogP contribution >= 0.6 is 0 Å². The first-order valence-corrected chi connectivity index (χ1v) is 43.4. The van der Waals surface area contributed by atoms with E-state index in [1.54, 1.807) is 51.4 Å². The molecule has 9 fully saturated rings. The van der Waals surface area contributed by atoms with Gasteiger partial charge in [0.1, 0.15) is 0 Å². The quantitative estimate of drug-likeness (QED) is 0.264. The topological polar surface area (TPSA) is 0 Å². The molecule has 0 nitrogen and oxygen atoms in total. The fraction of sp³-hybridized carbons (Fsp3) is 1.00. The van der Waals surface area contributed by atoms with Crippen LogP contribution in [0.4, 0.5) is 0 Å². The molecule has 9 rings (SSSR count). The van der Waals surface area contributed by atoms with Gasteiger partial charge >= 0.3 is 0 Å². The van der Waals surface area contributed by atoms with Gasteiger partial charge < -0.3 is 0 Å². The number of hydrogen-bond acceptors (Lipinski definition) is 0. The molecule has 11 atom stereocenters. The molecule has 96 heavy (non-hydrogen) atoms. The molecule has 6 unspecified atom stereocenters. The lowest BCUT2D eigenvalue weighted by Gasteiger charge is -2.49. The van der Waals surface area contributed by atoms with Crippen molar-refractivity contribution in [3.05, 3.63) is 0 Å². The van der Waals surface area contributed by atoms with Crippen molar-refractivity contribution in [3.63, 3.8) is 0 Å². The normalized spacial score (nSPS) is 29.3. The van der Waals surface area contributed by atoms with Crippen molar-refractivity contribution >= 4 is 0 Å². The minimum absolute atomic E-state index is 0.375. The van der Waals surface area contributed by atoms with Crippen molar-refractivity contribution in [2.24, 2.45) is 149 Å². The molecule has 0 aromatic rings. The summed E-state index contributed by atoms with van der Waals surface area (Å²) in [6.45, 7) is 91.0. The van der Waals surface area contributed by atoms with E-state index in [4.69, 9.17) is 0 Å². The van der Waals surface area contributed by atoms with Crippen LogP contribution in [0, 0.1) is 149 Å². The fourth-order valence-corrected chi connectivity index (χ4v) is 17.2. The van der Waals surface area contributed by atoms with Crippen molar-refractivity contribution in [1.82, 2.24) is 0 Å². The van der Waals surface area contributed by atoms with Gasteiger partial charge in [-0.05, 0) is 207 Å². The van der Waals surface area contributed by atoms with Crippen LogP contribution in [0.15, 0.2) is 0 Å². The molecule has 0 heteroatoms. The molecule has 0 aromatic heterocycles. The SMILES string of the molecule is CC(C(C)(C)C)C(C)(C)C.CC(C)(C)C(C)(C)C(C)(C)C.CC(C)C(C)(C)C(C)(C)C.CC(C)[C@@H](C)C(C)(C)C.CC1(C)CCCCC1.CC1CCC(C)CC1.CC1CCCC[C@H]1C.CC1CCC[C@@H](C)C1.CCC1CCCCC1.C[C@H]1CC2CCC1C2.C[C@H]1CC2CCC1C2. The van der Waals surface area contributed by atoms with E-state index < -0.39 is 0 Å². The summed E-state index contributed by atoms with van der Waals surface area (Å²) in [4.78, 5) is 0. The minimum atomic E-state index is 0.375. The Kier molecular flexibility index (Phi) is 46.4. The second-order valence-corrected chi connectivity index (χ2v) is 45.0. The predicted molar refractivity (Wildman–Crippen MR) is 446 cm³/mol. The van der Waals surface area contributed by atoms with Gasteiger partial charge in [-0.15, -0.1) is 0 Å². The Bertz CT molecular complexity index is 1740. The monoisotopic (exact) mass is 1350 g/mol. The Morgan fingerprint density at radius 2 is 0.667 bits per heavy atom. The third-order valence-corrected chi connectivity index (χ3v) is 29.8. The fourth-order valence-electron chi connectivity index (χ4n) is 17.2. The molecule has 0 aromatic carbocycles. The summed E-state index contributed by atoms with van der Waals surface area (Å²) in [5.74, 6) is 17.0. The zero-order valence-electron chi connectivity index (χ0n) is 75.2. The van der Waals surface area contributed by atoms with Crippen molar-refractivity contribution in [2.75, 3.05) is 0 Å². The number of rotatable bonds is 3. The van der Waals surface area contributed by atoms with Crippen molar-refractivity contribution in [3.8, 4) is 0 Å². The molecule has 9 saturated carbocycles. The predicted octanol–water partition coefficient (Wildman–Crippen LogP) is 34.2. The van der Waals surface area contributed by atoms with Crippen LogP contribution in [0.2, 0.25) is 0 Å². The zero-order valence-corrected chi connectivity index (χ0v) is 75.2. The van der Waals surface area contributed by atoms with E-state index in [1.165, 1.54) is 148 Å². The maximum absolute atomic E-state index is 2.42. The summed E-state index contributed by atoms with van der Waals surface area (Å²) in [6.07, 6.45) is 46.4. The molecule has 0 radical (unpaired) electrons. The van der Waals surface area contributed by atoms with E-state index in [2.05, 4.69) is 270 Å². The molecule has 0 amide bonds. The molecule has 0 N–H and O–H groups in total. The van der Waals surface area contributed by atoms with Gasteiger partial charge in [-0.3, -0.25) is 0 Å². The number of fused-ring (bicyclic) bond motifs is 4. The van der Waals surface area contributed by atoms with Gasteiger partial charge in [-0.2, -0.15) is 0 Å². The van der Waals surface area contributed by atoms with Crippen LogP contribution in [0.3, 0.4) is 0 Å². The van der Waals surface area contributed by atoms with Gasteiger partial charge in [0.2, 0.25) is 0 Å². The van der Waals surface area contributed by atoms with Gasteiger partial charge in [-0.25, -0.2) is 0 Å². The molecular formula is C96H196. The summed E-state index contributed by atoms with van der Waals surface area (Å²) < 4.78 is 0. The van der Waals surface area contributed by atoms with E-state index in [0.29, 0.717) is 48.7 Å². The molecule has 0 spiro atoms. The lowest BCUT2D eigenvalue weighted by molar-refractivity contribution is 0.00575. The van der Waals surface area contributed by atoms with Crippen LogP contribution in [0.1, 0.15) is 469 Å². The van der Waals surface area contributed by atoms with Crippen molar-refractivity contribution in [2.45, 2.75) is 469 Å². The first-order chi connectivity index (χ1) is 43.4. The summed E-state index contributed by atoms with van der Waals surface area (Å²) in [7, 11) is 0. The van der Waals surface area contributed by atoms with Crippen LogP contribution in [0.25, 0.3) is 0 Å². The highest BCUT2D eigenvalue weighted by molar-refractivity contribution is 4.92. The Morgan fingerprint density at radius 1 is 0.323 bits per heavy atom. The maximum Gasteiger partial charge on any atom is -0.0257 e. The van der Waals surface area contributed by atoms with Crippen LogP contribution < -0.4 is 0 Å². The average molecular weight is 1350 g/mol. The Morgan fingerprint density at radius 3 is 0.802 bits per heavy atom. The molecule has 9 aliphatic carbocycles. The summed E-state index contributed by atoms with van der Waals surface area (Å²) in [5.41, 5.74) is 4.04. The largest absolute Gasteiger partial charge is 0.0651 e. The molecule has 0 saturated heterocycles. The van der Waals surface area contributed by atoms with Gasteiger partial charge in [0.05, 0.1) is 0 Å². The Hall–Kier alpha value is 0. The highest BCUT2D eigenvalue weighted by Gasteiger charge is 2.43. The maximum atomic E-state index is 2.42. The standard InChI is InChI=1S/C11H24.2C10H22.C9H20.2C8H14.5C8H16/c1-9(2,3)11(7,8)10(4,5)6;1-8(9(2,3)4)10(5,6)7;1-8(2)10(6,7)9(3,4)5;1-7(2)8(3)9(4,5)6;2*1-6-4-7-2-3-8(6)5-7;1-7-3-5-8(2)6-4-7;1-7-4-3-5-8(2)6-7;1-8(2)6-4-3-5-7-8;1-7-5-3-4-6-8(7)2;1-2-8-6-4-3-5-7-8/h1-8H3;2*8H,1-7H3;7-8H,1-6H3;2*6-8H,2-5H2,1H3;2*7-8H,3-6H2,1-2H3;3-7H2,1-2H3;7-8H,3-6H2,1-2H3;8H,2-7H2,1H3/t;;;8-;2*6-,7?,8?;;7-,8?;;7-,8?;/m...100.1.1./s1. The molecule has 0 heterocycles. The van der Waals surface area contributed by atoms with Gasteiger partial charge in [0.25, 0.3) is 0 Å². The van der Waals surface area contributed by atoms with Crippen molar-refractivity contribution in [1.29, 1.82) is 0 Å². The average Bonchev–Trinajstić information content (AvgIpc) is 1.13. The van der Waals surface area contributed by atoms with E-state index in [9.17, 15) is 0 Å². The van der Waals surface area contributed by atoms with E-state index in [-0.39, 0.29) is 0 Å². The third-order valence-electron chi connectivity index (χ3n) is 29.8. The van der Waals surface area contributed by atoms with Crippen LogP contribution in [-0.2, 0) is 0 Å². The minimum Gasteiger partial charge on any atom is -0.0651 e. The van der Waals surface area contributed by atoms with E-state index >= 15 is 0 Å². The van der Waals surface area contributed by atoms with Gasteiger partial charge in [0, 0.05) is 0 Å². The molecule has 580 valence electrons. The summed E-state index contributed by atoms with van der Waals surface area (Å²) >= 11 is 0. The second-order valence-electron chi connectivity index (χ2n) is 45.0. The summed E-state index contributed by atoms with van der Waals surface area (Å²) in [5, 5.41) is 0. The molecule has 9 aliphatic rings. The number of hydrogen-bond donors (Lipinski definition) is 0. The first kappa shape index (κ1) is 98.1. The van der Waals surface area contributed by atoms with E-state index in [0.717, 1.165) is 101 Å². The Labute approximate surface area is 614 Å². The summed E-state index contributed by atoms with van der Waals surface area (Å²) in [6, 6.07) is 0. The molecular weight excluding hydrogens is 1150 g/mol. The van der Waals surface area contributed by atoms with Crippen molar-refractivity contribution < 1.29 is 0 Å². The zero-order chi connectivity index (χ0) is 75.2. The van der Waals surface area contributed by atoms with Gasteiger partial charge in [-0.1, -0.05) is 411 Å². The van der Waals surface area contributed by atoms with Crippen LogP contribution in [0.5, 0.6) is 0 Å². The highest BCUT2D eigenvalue weighted by atomic mass is 14.5. The van der Waals surface area contributed by atoms with E-state index in [1.807, 2.05) is 0 Å². The molecule has 0 aliphatic heterocycles. The smallest absolute Gasteiger partial charge is 0.0257 e. The third kappa shape index (κ3) is 41.5. The first-order valence-electron chi connectivity index (χ1n) is 43.4.